The quantitative estimate of drug-likeness (QED) is 0.256. The summed E-state index contributed by atoms with van der Waals surface area (Å²) < 4.78 is 75.3. The first-order valence-electron chi connectivity index (χ1n) is 15.1. The van der Waals surface area contributed by atoms with Crippen LogP contribution in [0.1, 0.15) is 125 Å². The Morgan fingerprint density at radius 1 is 1.05 bits per heavy atom. The maximum atomic E-state index is 15.0. The molecule has 1 fully saturated rings. The first-order chi connectivity index (χ1) is 19.3. The van der Waals surface area contributed by atoms with Gasteiger partial charge in [0, 0.05) is 48.6 Å². The van der Waals surface area contributed by atoms with Crippen LogP contribution in [0.3, 0.4) is 0 Å². The van der Waals surface area contributed by atoms with Gasteiger partial charge < -0.3 is 13.9 Å². The van der Waals surface area contributed by atoms with Crippen LogP contribution in [0.5, 0.6) is 0 Å². The third kappa shape index (κ3) is 5.48. The highest BCUT2D eigenvalue weighted by Gasteiger charge is 2.54. The van der Waals surface area contributed by atoms with E-state index >= 15 is 0 Å². The lowest BCUT2D eigenvalue weighted by atomic mass is 9.70. The number of hydrogen-bond acceptors (Lipinski definition) is 4. The van der Waals surface area contributed by atoms with Gasteiger partial charge in [-0.2, -0.15) is 13.2 Å². The molecule has 2 aromatic rings. The van der Waals surface area contributed by atoms with E-state index in [1.165, 1.54) is 6.07 Å². The predicted octanol–water partition coefficient (Wildman–Crippen LogP) is 9.52. The monoisotopic (exact) mass is 607 g/mol. The standard InChI is InChI=1S/C33H45F4NO3Si/c1-19(2)28-26-27(25-23(38-28)17-31(6,7)18-24(25)41-42(8,9)30(3,4)5)32(12-14-39-15-13-32)40-29(26)20-10-11-21(22(34)16-20)33(35,36)37/h10-11,16,19,24,29H,12-15,17-18H2,1-9H3/t24-,29-/m0/s1. The van der Waals surface area contributed by atoms with Crippen molar-refractivity contribution in [1.29, 1.82) is 0 Å². The van der Waals surface area contributed by atoms with Crippen LogP contribution in [0.25, 0.3) is 0 Å². The Hall–Kier alpha value is -1.81. The van der Waals surface area contributed by atoms with Gasteiger partial charge >= 0.3 is 6.18 Å². The van der Waals surface area contributed by atoms with Crippen molar-refractivity contribution in [3.8, 4) is 0 Å². The molecular weight excluding hydrogens is 562 g/mol. The number of nitrogens with zero attached hydrogens (tertiary/aromatic N) is 1. The molecule has 1 aliphatic carbocycles. The summed E-state index contributed by atoms with van der Waals surface area (Å²) in [7, 11) is -2.21. The molecule has 0 bridgehead atoms. The van der Waals surface area contributed by atoms with Crippen LogP contribution in [0.15, 0.2) is 18.2 Å². The molecule has 3 heterocycles. The second-order valence-corrected chi connectivity index (χ2v) is 19.8. The Morgan fingerprint density at radius 3 is 2.24 bits per heavy atom. The van der Waals surface area contributed by atoms with E-state index in [2.05, 4.69) is 61.6 Å². The molecule has 1 spiro atoms. The van der Waals surface area contributed by atoms with E-state index in [0.717, 1.165) is 53.1 Å². The molecule has 1 aromatic heterocycles. The third-order valence-corrected chi connectivity index (χ3v) is 14.3. The van der Waals surface area contributed by atoms with Gasteiger partial charge in [0.15, 0.2) is 8.32 Å². The Kier molecular flexibility index (Phi) is 7.81. The Balaban J connectivity index is 1.78. The zero-order valence-electron chi connectivity index (χ0n) is 26.4. The van der Waals surface area contributed by atoms with Crippen molar-refractivity contribution in [2.45, 2.75) is 122 Å². The number of benzene rings is 1. The number of ether oxygens (including phenoxy) is 2. The summed E-state index contributed by atoms with van der Waals surface area (Å²) >= 11 is 0. The van der Waals surface area contributed by atoms with Gasteiger partial charge in [0.1, 0.15) is 11.9 Å². The summed E-state index contributed by atoms with van der Waals surface area (Å²) in [6, 6.07) is 3.18. The summed E-state index contributed by atoms with van der Waals surface area (Å²) in [5.41, 5.74) is 3.23. The van der Waals surface area contributed by atoms with Crippen molar-refractivity contribution in [1.82, 2.24) is 4.98 Å². The van der Waals surface area contributed by atoms with E-state index in [-0.39, 0.29) is 22.5 Å². The average Bonchev–Trinajstić information content (AvgIpc) is 3.15. The topological polar surface area (TPSA) is 40.6 Å². The van der Waals surface area contributed by atoms with E-state index in [4.69, 9.17) is 18.9 Å². The molecule has 0 saturated carbocycles. The normalized spacial score (nSPS) is 23.8. The van der Waals surface area contributed by atoms with E-state index in [1.807, 2.05) is 0 Å². The predicted molar refractivity (Wildman–Crippen MR) is 158 cm³/mol. The molecule has 2 aliphatic heterocycles. The number of hydrogen-bond donors (Lipinski definition) is 0. The van der Waals surface area contributed by atoms with Crippen LogP contribution >= 0.6 is 0 Å². The van der Waals surface area contributed by atoms with Gasteiger partial charge in [-0.25, -0.2) is 4.39 Å². The fourth-order valence-corrected chi connectivity index (χ4v) is 7.96. The van der Waals surface area contributed by atoms with Crippen LogP contribution < -0.4 is 0 Å². The van der Waals surface area contributed by atoms with Crippen molar-refractivity contribution in [2.75, 3.05) is 13.2 Å². The molecule has 0 radical (unpaired) electrons. The number of pyridine rings is 1. The highest BCUT2D eigenvalue weighted by atomic mass is 28.4. The van der Waals surface area contributed by atoms with Gasteiger partial charge in [-0.1, -0.05) is 54.5 Å². The van der Waals surface area contributed by atoms with Gasteiger partial charge in [-0.15, -0.1) is 0 Å². The zero-order chi connectivity index (χ0) is 31.0. The maximum absolute atomic E-state index is 15.0. The summed E-state index contributed by atoms with van der Waals surface area (Å²) in [5, 5.41) is -0.00359. The Bertz CT molecular complexity index is 1360. The van der Waals surface area contributed by atoms with Crippen molar-refractivity contribution in [3.63, 3.8) is 0 Å². The minimum Gasteiger partial charge on any atom is -0.410 e. The molecule has 3 aliphatic rings. The number of halogens is 4. The molecule has 4 nitrogen and oxygen atoms in total. The fraction of sp³-hybridized carbons (Fsp3) is 0.667. The van der Waals surface area contributed by atoms with Crippen LogP contribution in [0, 0.1) is 11.2 Å². The second kappa shape index (κ2) is 10.4. The maximum Gasteiger partial charge on any atom is 0.419 e. The molecule has 9 heteroatoms. The number of aromatic nitrogens is 1. The lowest BCUT2D eigenvalue weighted by Crippen LogP contribution is -2.45. The van der Waals surface area contributed by atoms with E-state index in [0.29, 0.717) is 31.6 Å². The van der Waals surface area contributed by atoms with Crippen molar-refractivity contribution in [2.24, 2.45) is 5.41 Å². The van der Waals surface area contributed by atoms with E-state index in [9.17, 15) is 17.6 Å². The van der Waals surface area contributed by atoms with Crippen LogP contribution in [-0.4, -0.2) is 26.5 Å². The van der Waals surface area contributed by atoms with Gasteiger partial charge in [-0.3, -0.25) is 4.98 Å². The molecule has 1 saturated heterocycles. The first-order valence-corrected chi connectivity index (χ1v) is 18.0. The molecule has 5 rings (SSSR count). The van der Waals surface area contributed by atoms with Gasteiger partial charge in [0.05, 0.1) is 17.3 Å². The summed E-state index contributed by atoms with van der Waals surface area (Å²) in [6.07, 6.45) is -2.89. The lowest BCUT2D eigenvalue weighted by Gasteiger charge is -2.46. The number of fused-ring (bicyclic) bond motifs is 4. The molecule has 42 heavy (non-hydrogen) atoms. The molecular formula is C33H45F4NO3Si. The second-order valence-electron chi connectivity index (χ2n) is 15.1. The minimum atomic E-state index is -4.77. The van der Waals surface area contributed by atoms with Crippen LogP contribution in [0.4, 0.5) is 17.6 Å². The Morgan fingerprint density at radius 2 is 1.69 bits per heavy atom. The highest BCUT2D eigenvalue weighted by Crippen LogP contribution is 2.59. The molecule has 0 N–H and O–H groups in total. The van der Waals surface area contributed by atoms with Crippen LogP contribution in [0.2, 0.25) is 18.1 Å². The van der Waals surface area contributed by atoms with Gasteiger partial charge in [0.25, 0.3) is 0 Å². The third-order valence-electron chi connectivity index (χ3n) is 9.84. The molecule has 0 amide bonds. The van der Waals surface area contributed by atoms with Gasteiger partial charge in [-0.05, 0) is 65.6 Å². The lowest BCUT2D eigenvalue weighted by molar-refractivity contribution is -0.140. The zero-order valence-corrected chi connectivity index (χ0v) is 27.4. The van der Waals surface area contributed by atoms with Crippen LogP contribution in [-0.2, 0) is 32.1 Å². The Labute approximate surface area is 248 Å². The molecule has 1 aromatic carbocycles. The van der Waals surface area contributed by atoms with Crippen molar-refractivity contribution >= 4 is 8.32 Å². The minimum absolute atomic E-state index is 0.00359. The first kappa shape index (κ1) is 31.6. The fourth-order valence-electron chi connectivity index (χ4n) is 6.70. The SMILES string of the molecule is CC(C)c1nc2c(c3c1[C@H](c1ccc(C(F)(F)F)c(F)c1)OC31CCOCC1)[C@@H](O[Si](C)(C)C(C)(C)C)CC(C)(C)C2. The molecule has 0 unspecified atom stereocenters. The summed E-state index contributed by atoms with van der Waals surface area (Å²) in [4.78, 5) is 5.31. The van der Waals surface area contributed by atoms with E-state index < -0.39 is 37.6 Å². The van der Waals surface area contributed by atoms with Gasteiger partial charge in [0.2, 0.25) is 0 Å². The summed E-state index contributed by atoms with van der Waals surface area (Å²) in [6.45, 7) is 20.9. The average molecular weight is 608 g/mol. The summed E-state index contributed by atoms with van der Waals surface area (Å²) in [5.74, 6) is -1.27. The number of rotatable bonds is 4. The highest BCUT2D eigenvalue weighted by molar-refractivity contribution is 6.74. The molecule has 2 atom stereocenters. The van der Waals surface area contributed by atoms with E-state index in [1.54, 1.807) is 0 Å². The number of alkyl halides is 3. The largest absolute Gasteiger partial charge is 0.419 e. The van der Waals surface area contributed by atoms with Crippen molar-refractivity contribution < 1.29 is 31.5 Å². The van der Waals surface area contributed by atoms with Crippen molar-refractivity contribution in [3.05, 3.63) is 63.2 Å². The smallest absolute Gasteiger partial charge is 0.410 e. The molecule has 232 valence electrons.